The highest BCUT2D eigenvalue weighted by molar-refractivity contribution is 7.89. The number of aromatic carboxylic acids is 1. The molecule has 0 amide bonds. The highest BCUT2D eigenvalue weighted by Gasteiger charge is 2.30. The molecule has 0 aliphatic carbocycles. The molecule has 88 valence electrons. The lowest BCUT2D eigenvalue weighted by Gasteiger charge is -2.12. The Morgan fingerprint density at radius 3 is 2.44 bits per heavy atom. The molecule has 1 aliphatic heterocycles. The molecule has 16 heavy (non-hydrogen) atoms. The van der Waals surface area contributed by atoms with Crippen LogP contribution in [0.1, 0.15) is 23.4 Å². The number of hydrogen-bond donors (Lipinski definition) is 1. The zero-order chi connectivity index (χ0) is 11.8. The van der Waals surface area contributed by atoms with Crippen LogP contribution in [0.3, 0.4) is 0 Å². The van der Waals surface area contributed by atoms with E-state index in [0.717, 1.165) is 18.9 Å². The molecule has 0 aromatic carbocycles. The summed E-state index contributed by atoms with van der Waals surface area (Å²) in [6.45, 7) is 0.927. The monoisotopic (exact) mass is 245 g/mol. The zero-order valence-electron chi connectivity index (χ0n) is 8.42. The summed E-state index contributed by atoms with van der Waals surface area (Å²) in [7, 11) is -3.65. The highest BCUT2D eigenvalue weighted by Crippen LogP contribution is 2.22. The van der Waals surface area contributed by atoms with Crippen LogP contribution in [0.2, 0.25) is 0 Å². The molecule has 1 aromatic rings. The van der Waals surface area contributed by atoms with Crippen molar-refractivity contribution in [3.63, 3.8) is 0 Å². The van der Waals surface area contributed by atoms with E-state index >= 15 is 0 Å². The van der Waals surface area contributed by atoms with E-state index in [0.29, 0.717) is 13.1 Å². The fourth-order valence-corrected chi connectivity index (χ4v) is 3.06. The minimum Gasteiger partial charge on any atom is -0.475 e. The molecule has 6 nitrogen and oxygen atoms in total. The highest BCUT2D eigenvalue weighted by atomic mass is 32.2. The van der Waals surface area contributed by atoms with Gasteiger partial charge in [-0.15, -0.1) is 0 Å². The van der Waals surface area contributed by atoms with Crippen molar-refractivity contribution in [2.24, 2.45) is 0 Å². The molecule has 1 saturated heterocycles. The molecule has 2 heterocycles. The van der Waals surface area contributed by atoms with Crippen molar-refractivity contribution in [2.75, 3.05) is 13.1 Å². The Balaban J connectivity index is 2.31. The van der Waals surface area contributed by atoms with Crippen LogP contribution in [-0.2, 0) is 10.0 Å². The summed E-state index contributed by atoms with van der Waals surface area (Å²) >= 11 is 0. The fourth-order valence-electron chi connectivity index (χ4n) is 1.63. The van der Waals surface area contributed by atoms with Gasteiger partial charge in [0.25, 0.3) is 10.0 Å². The minimum atomic E-state index is -3.65. The first-order valence-electron chi connectivity index (χ1n) is 4.85. The van der Waals surface area contributed by atoms with Crippen molar-refractivity contribution >= 4 is 16.0 Å². The summed E-state index contributed by atoms with van der Waals surface area (Å²) in [6.07, 6.45) is 1.65. The lowest BCUT2D eigenvalue weighted by atomic mass is 10.4. The lowest BCUT2D eigenvalue weighted by molar-refractivity contribution is 0.0656. The van der Waals surface area contributed by atoms with Gasteiger partial charge in [-0.05, 0) is 25.0 Å². The summed E-state index contributed by atoms with van der Waals surface area (Å²) in [5, 5.41) is 8.33. The van der Waals surface area contributed by atoms with Gasteiger partial charge >= 0.3 is 5.97 Å². The number of sulfonamides is 1. The van der Waals surface area contributed by atoms with Gasteiger partial charge in [0.1, 0.15) is 0 Å². The maximum Gasteiger partial charge on any atom is 0.371 e. The molecule has 2 rings (SSSR count). The second-order valence-corrected chi connectivity index (χ2v) is 5.40. The second-order valence-electron chi connectivity index (χ2n) is 3.54. The van der Waals surface area contributed by atoms with Crippen LogP contribution in [0.25, 0.3) is 0 Å². The third kappa shape index (κ3) is 1.83. The summed E-state index contributed by atoms with van der Waals surface area (Å²) in [4.78, 5) is 10.6. The number of nitrogens with zero attached hydrogens (tertiary/aromatic N) is 1. The summed E-state index contributed by atoms with van der Waals surface area (Å²) < 4.78 is 29.9. The maximum atomic E-state index is 11.9. The molecule has 0 atom stereocenters. The molecule has 1 aliphatic rings. The Morgan fingerprint density at radius 1 is 1.31 bits per heavy atom. The van der Waals surface area contributed by atoms with E-state index in [1.165, 1.54) is 10.4 Å². The first-order valence-corrected chi connectivity index (χ1v) is 6.29. The Labute approximate surface area is 92.5 Å². The van der Waals surface area contributed by atoms with Gasteiger partial charge < -0.3 is 9.52 Å². The van der Waals surface area contributed by atoms with Crippen LogP contribution in [0, 0.1) is 0 Å². The Kier molecular flexibility index (Phi) is 2.73. The number of carbonyl (C=O) groups is 1. The average Bonchev–Trinajstić information content (AvgIpc) is 2.90. The molecule has 1 N–H and O–H groups in total. The third-order valence-corrected chi connectivity index (χ3v) is 4.22. The van der Waals surface area contributed by atoms with Crippen LogP contribution in [0.5, 0.6) is 0 Å². The van der Waals surface area contributed by atoms with Crippen molar-refractivity contribution < 1.29 is 22.7 Å². The number of hydrogen-bond acceptors (Lipinski definition) is 4. The lowest BCUT2D eigenvalue weighted by Crippen LogP contribution is -2.27. The van der Waals surface area contributed by atoms with E-state index < -0.39 is 16.0 Å². The first-order chi connectivity index (χ1) is 7.51. The van der Waals surface area contributed by atoms with Gasteiger partial charge in [-0.25, -0.2) is 13.2 Å². The van der Waals surface area contributed by atoms with Gasteiger partial charge in [-0.2, -0.15) is 4.31 Å². The van der Waals surface area contributed by atoms with E-state index in [-0.39, 0.29) is 10.9 Å². The van der Waals surface area contributed by atoms with E-state index in [4.69, 9.17) is 9.52 Å². The van der Waals surface area contributed by atoms with E-state index in [9.17, 15) is 13.2 Å². The average molecular weight is 245 g/mol. The number of furan rings is 1. The molecule has 1 aromatic heterocycles. The standard InChI is InChI=1S/C9H11NO5S/c11-9(12)7-3-4-8(15-7)16(13,14)10-5-1-2-6-10/h3-4H,1-2,5-6H2,(H,11,12). The number of carboxylic acids is 1. The van der Waals surface area contributed by atoms with Crippen LogP contribution in [0.15, 0.2) is 21.6 Å². The number of carboxylic acid groups (broad SMARTS) is 1. The van der Waals surface area contributed by atoms with Gasteiger partial charge in [-0.1, -0.05) is 0 Å². The van der Waals surface area contributed by atoms with E-state index in [1.807, 2.05) is 0 Å². The van der Waals surface area contributed by atoms with Crippen molar-refractivity contribution in [1.29, 1.82) is 0 Å². The van der Waals surface area contributed by atoms with Crippen LogP contribution in [0.4, 0.5) is 0 Å². The van der Waals surface area contributed by atoms with E-state index in [2.05, 4.69) is 0 Å². The largest absolute Gasteiger partial charge is 0.475 e. The first kappa shape index (κ1) is 11.2. The molecule has 7 heteroatoms. The Morgan fingerprint density at radius 2 is 1.94 bits per heavy atom. The SMILES string of the molecule is O=C(O)c1ccc(S(=O)(=O)N2CCCC2)o1. The van der Waals surface area contributed by atoms with Crippen molar-refractivity contribution in [3.8, 4) is 0 Å². The number of rotatable bonds is 3. The van der Waals surface area contributed by atoms with Crippen LogP contribution >= 0.6 is 0 Å². The van der Waals surface area contributed by atoms with E-state index in [1.54, 1.807) is 0 Å². The normalized spacial score (nSPS) is 17.8. The van der Waals surface area contributed by atoms with Gasteiger partial charge in [0.05, 0.1) is 0 Å². The van der Waals surface area contributed by atoms with Crippen LogP contribution in [-0.4, -0.2) is 36.9 Å². The van der Waals surface area contributed by atoms with Crippen molar-refractivity contribution in [3.05, 3.63) is 17.9 Å². The topological polar surface area (TPSA) is 87.8 Å². The van der Waals surface area contributed by atoms with Crippen molar-refractivity contribution in [1.82, 2.24) is 4.31 Å². The van der Waals surface area contributed by atoms with Crippen molar-refractivity contribution in [2.45, 2.75) is 17.9 Å². The smallest absolute Gasteiger partial charge is 0.371 e. The van der Waals surface area contributed by atoms with Gasteiger partial charge in [0.15, 0.2) is 0 Å². The predicted molar refractivity (Wildman–Crippen MR) is 53.7 cm³/mol. The molecule has 0 radical (unpaired) electrons. The Hall–Kier alpha value is -1.34. The quantitative estimate of drug-likeness (QED) is 0.849. The fraction of sp³-hybridized carbons (Fsp3) is 0.444. The van der Waals surface area contributed by atoms with Gasteiger partial charge in [-0.3, -0.25) is 0 Å². The molecule has 0 unspecified atom stereocenters. The summed E-state index contributed by atoms with van der Waals surface area (Å²) in [5.74, 6) is -1.64. The summed E-state index contributed by atoms with van der Waals surface area (Å²) in [5.41, 5.74) is 0. The molecule has 1 fully saturated rings. The zero-order valence-corrected chi connectivity index (χ0v) is 9.24. The maximum absolute atomic E-state index is 11.9. The molecular weight excluding hydrogens is 234 g/mol. The molecule has 0 bridgehead atoms. The molecular formula is C9H11NO5S. The molecule has 0 spiro atoms. The summed E-state index contributed by atoms with van der Waals surface area (Å²) in [6, 6.07) is 2.32. The van der Waals surface area contributed by atoms with Crippen LogP contribution < -0.4 is 0 Å². The minimum absolute atomic E-state index is 0.299. The predicted octanol–water partition coefficient (Wildman–Crippen LogP) is 0.762. The van der Waals surface area contributed by atoms with Gasteiger partial charge in [0.2, 0.25) is 10.9 Å². The van der Waals surface area contributed by atoms with Gasteiger partial charge in [0, 0.05) is 13.1 Å². The second kappa shape index (κ2) is 3.91. The Bertz CT molecular complexity index is 498. The molecule has 0 saturated carbocycles. The third-order valence-electron chi connectivity index (χ3n) is 2.45.